The molecule has 1 aliphatic rings. The van der Waals surface area contributed by atoms with Gasteiger partial charge in [-0.2, -0.15) is 0 Å². The van der Waals surface area contributed by atoms with E-state index in [9.17, 15) is 15.0 Å². The van der Waals surface area contributed by atoms with Crippen molar-refractivity contribution >= 4 is 6.03 Å². The first-order valence-electron chi connectivity index (χ1n) is 9.13. The van der Waals surface area contributed by atoms with E-state index in [1.807, 2.05) is 12.1 Å². The fraction of sp³-hybridized carbons (Fsp3) is 0.632. The Morgan fingerprint density at radius 1 is 1.04 bits per heavy atom. The van der Waals surface area contributed by atoms with E-state index in [-0.39, 0.29) is 17.9 Å². The van der Waals surface area contributed by atoms with Crippen LogP contribution >= 0.6 is 0 Å². The van der Waals surface area contributed by atoms with Gasteiger partial charge in [0.25, 0.3) is 0 Å². The lowest BCUT2D eigenvalue weighted by atomic mass is 9.83. The standard InChI is InChI=1S/C19H30N2O3/c22-17-11-9-15(10-12-17)5-3-13-20-19(24)21-14-4-7-16-6-1-2-8-18(16)23/h9-12,16,18,22-23H,1-8,13-14H2,(H2,20,21,24). The molecule has 2 amide bonds. The first-order chi connectivity index (χ1) is 11.6. The number of aromatic hydroxyl groups is 1. The van der Waals surface area contributed by atoms with Crippen LogP contribution in [0.15, 0.2) is 24.3 Å². The van der Waals surface area contributed by atoms with Crippen LogP contribution in [0.2, 0.25) is 0 Å². The summed E-state index contributed by atoms with van der Waals surface area (Å²) in [5, 5.41) is 24.9. The Kier molecular flexibility index (Phi) is 7.89. The number of phenolic OH excluding ortho intramolecular Hbond substituents is 1. The summed E-state index contributed by atoms with van der Waals surface area (Å²) in [5.74, 6) is 0.686. The van der Waals surface area contributed by atoms with Gasteiger partial charge in [0, 0.05) is 13.1 Å². The van der Waals surface area contributed by atoms with Crippen LogP contribution in [-0.4, -0.2) is 35.4 Å². The number of phenols is 1. The van der Waals surface area contributed by atoms with Gasteiger partial charge >= 0.3 is 6.03 Å². The molecule has 1 aliphatic carbocycles. The number of aliphatic hydroxyl groups excluding tert-OH is 1. The zero-order valence-corrected chi connectivity index (χ0v) is 14.3. The van der Waals surface area contributed by atoms with E-state index < -0.39 is 0 Å². The summed E-state index contributed by atoms with van der Waals surface area (Å²) in [4.78, 5) is 11.7. The summed E-state index contributed by atoms with van der Waals surface area (Å²) in [7, 11) is 0. The minimum Gasteiger partial charge on any atom is -0.508 e. The number of aryl methyl sites for hydroxylation is 1. The molecule has 1 saturated carbocycles. The largest absolute Gasteiger partial charge is 0.508 e. The van der Waals surface area contributed by atoms with E-state index in [1.54, 1.807) is 12.1 Å². The molecule has 2 atom stereocenters. The molecule has 1 fully saturated rings. The quantitative estimate of drug-likeness (QED) is 0.552. The van der Waals surface area contributed by atoms with Gasteiger partial charge in [-0.15, -0.1) is 0 Å². The highest BCUT2D eigenvalue weighted by Gasteiger charge is 2.22. The average Bonchev–Trinajstić information content (AvgIpc) is 2.58. The number of amides is 2. The van der Waals surface area contributed by atoms with Crippen LogP contribution in [0.4, 0.5) is 4.79 Å². The topological polar surface area (TPSA) is 81.6 Å². The van der Waals surface area contributed by atoms with E-state index in [4.69, 9.17) is 0 Å². The summed E-state index contributed by atoms with van der Waals surface area (Å²) in [6.45, 7) is 1.29. The van der Waals surface area contributed by atoms with Crippen LogP contribution in [0.25, 0.3) is 0 Å². The number of nitrogens with one attached hydrogen (secondary N) is 2. The summed E-state index contributed by atoms with van der Waals surface area (Å²) < 4.78 is 0. The maximum absolute atomic E-state index is 11.7. The molecule has 2 unspecified atom stereocenters. The number of carbonyl (C=O) groups excluding carboxylic acids is 1. The van der Waals surface area contributed by atoms with Crippen LogP contribution < -0.4 is 10.6 Å². The van der Waals surface area contributed by atoms with E-state index in [2.05, 4.69) is 10.6 Å². The van der Waals surface area contributed by atoms with E-state index >= 15 is 0 Å². The second-order valence-electron chi connectivity index (χ2n) is 6.71. The number of rotatable bonds is 8. The molecule has 2 rings (SSSR count). The van der Waals surface area contributed by atoms with Gasteiger partial charge in [0.1, 0.15) is 5.75 Å². The van der Waals surface area contributed by atoms with Gasteiger partial charge in [-0.25, -0.2) is 4.79 Å². The molecule has 0 aromatic heterocycles. The lowest BCUT2D eigenvalue weighted by molar-refractivity contribution is 0.0644. The van der Waals surface area contributed by atoms with Gasteiger partial charge in [0.2, 0.25) is 0 Å². The Labute approximate surface area is 144 Å². The smallest absolute Gasteiger partial charge is 0.314 e. The predicted molar refractivity (Wildman–Crippen MR) is 95.0 cm³/mol. The summed E-state index contributed by atoms with van der Waals surface area (Å²) in [5.41, 5.74) is 1.15. The summed E-state index contributed by atoms with van der Waals surface area (Å²) >= 11 is 0. The van der Waals surface area contributed by atoms with Gasteiger partial charge in [-0.05, 0) is 62.1 Å². The molecule has 1 aromatic carbocycles. The molecule has 0 bridgehead atoms. The lowest BCUT2D eigenvalue weighted by Gasteiger charge is -2.27. The van der Waals surface area contributed by atoms with E-state index in [1.165, 1.54) is 6.42 Å². The molecule has 0 saturated heterocycles. The Hall–Kier alpha value is -1.75. The van der Waals surface area contributed by atoms with Crippen LogP contribution in [-0.2, 0) is 6.42 Å². The Bertz CT molecular complexity index is 490. The van der Waals surface area contributed by atoms with Crippen molar-refractivity contribution in [3.05, 3.63) is 29.8 Å². The fourth-order valence-corrected chi connectivity index (χ4v) is 3.31. The monoisotopic (exact) mass is 334 g/mol. The Morgan fingerprint density at radius 3 is 2.42 bits per heavy atom. The van der Waals surface area contributed by atoms with Crippen molar-refractivity contribution in [2.24, 2.45) is 5.92 Å². The molecule has 1 aromatic rings. The van der Waals surface area contributed by atoms with E-state index in [0.717, 1.165) is 50.5 Å². The third-order valence-electron chi connectivity index (χ3n) is 4.77. The van der Waals surface area contributed by atoms with Gasteiger partial charge in [0.15, 0.2) is 0 Å². The molecule has 0 heterocycles. The zero-order chi connectivity index (χ0) is 17.2. The Morgan fingerprint density at radius 2 is 1.71 bits per heavy atom. The molecule has 134 valence electrons. The molecule has 0 aliphatic heterocycles. The van der Waals surface area contributed by atoms with Crippen molar-refractivity contribution in [3.8, 4) is 5.75 Å². The second-order valence-corrected chi connectivity index (χ2v) is 6.71. The minimum atomic E-state index is -0.146. The number of urea groups is 1. The summed E-state index contributed by atoms with van der Waals surface area (Å²) in [6.07, 6.45) is 7.91. The molecule has 24 heavy (non-hydrogen) atoms. The second kappa shape index (κ2) is 10.2. The van der Waals surface area contributed by atoms with Gasteiger partial charge in [0.05, 0.1) is 6.10 Å². The van der Waals surface area contributed by atoms with Crippen molar-refractivity contribution in [2.45, 2.75) is 57.5 Å². The molecular weight excluding hydrogens is 304 g/mol. The molecule has 5 nitrogen and oxygen atoms in total. The average molecular weight is 334 g/mol. The number of hydrogen-bond acceptors (Lipinski definition) is 3. The maximum Gasteiger partial charge on any atom is 0.314 e. The van der Waals surface area contributed by atoms with Crippen LogP contribution in [0, 0.1) is 5.92 Å². The highest BCUT2D eigenvalue weighted by Crippen LogP contribution is 2.27. The van der Waals surface area contributed by atoms with Crippen molar-refractivity contribution in [2.75, 3.05) is 13.1 Å². The Balaban J connectivity index is 1.48. The van der Waals surface area contributed by atoms with Crippen LogP contribution in [0.3, 0.4) is 0 Å². The molecular formula is C19H30N2O3. The number of benzene rings is 1. The molecule has 0 radical (unpaired) electrons. The van der Waals surface area contributed by atoms with E-state index in [0.29, 0.717) is 19.0 Å². The first kappa shape index (κ1) is 18.6. The van der Waals surface area contributed by atoms with Gasteiger partial charge in [-0.3, -0.25) is 0 Å². The highest BCUT2D eigenvalue weighted by molar-refractivity contribution is 5.73. The maximum atomic E-state index is 11.7. The highest BCUT2D eigenvalue weighted by atomic mass is 16.3. The third kappa shape index (κ3) is 6.79. The fourth-order valence-electron chi connectivity index (χ4n) is 3.31. The van der Waals surface area contributed by atoms with Gasteiger partial charge in [-0.1, -0.05) is 25.0 Å². The lowest BCUT2D eigenvalue weighted by Crippen LogP contribution is -2.37. The molecule has 5 heteroatoms. The normalized spacial score (nSPS) is 20.5. The van der Waals surface area contributed by atoms with Gasteiger partial charge < -0.3 is 20.8 Å². The number of carbonyl (C=O) groups is 1. The summed E-state index contributed by atoms with van der Waals surface area (Å²) in [6, 6.07) is 7.03. The van der Waals surface area contributed by atoms with Crippen molar-refractivity contribution in [1.29, 1.82) is 0 Å². The zero-order valence-electron chi connectivity index (χ0n) is 14.3. The minimum absolute atomic E-state index is 0.120. The number of aliphatic hydroxyl groups is 1. The van der Waals surface area contributed by atoms with Crippen molar-refractivity contribution in [1.82, 2.24) is 10.6 Å². The number of hydrogen-bond donors (Lipinski definition) is 4. The third-order valence-corrected chi connectivity index (χ3v) is 4.77. The predicted octanol–water partition coefficient (Wildman–Crippen LogP) is 2.96. The SMILES string of the molecule is O=C(NCCCc1ccc(O)cc1)NCCCC1CCCCC1O. The van der Waals surface area contributed by atoms with Crippen LogP contribution in [0.1, 0.15) is 50.5 Å². The molecule has 4 N–H and O–H groups in total. The van der Waals surface area contributed by atoms with Crippen LogP contribution in [0.5, 0.6) is 5.75 Å². The first-order valence-corrected chi connectivity index (χ1v) is 9.13. The molecule has 0 spiro atoms. The van der Waals surface area contributed by atoms with Crippen molar-refractivity contribution in [3.63, 3.8) is 0 Å². The van der Waals surface area contributed by atoms with Crippen molar-refractivity contribution < 1.29 is 15.0 Å².